The molecule has 4 heteroatoms. The average Bonchev–Trinajstić information content (AvgIpc) is 3.12. The first-order valence-corrected chi connectivity index (χ1v) is 9.94. The first kappa shape index (κ1) is 18.5. The molecule has 0 spiro atoms. The van der Waals surface area contributed by atoms with Crippen LogP contribution in [-0.2, 0) is 4.74 Å². The summed E-state index contributed by atoms with van der Waals surface area (Å²) >= 11 is 0. The monoisotopic (exact) mass is 375 g/mol. The summed E-state index contributed by atoms with van der Waals surface area (Å²) in [6.07, 6.45) is 6.04. The van der Waals surface area contributed by atoms with Crippen molar-refractivity contribution in [1.82, 2.24) is 4.98 Å². The molecule has 0 atom stereocenters. The summed E-state index contributed by atoms with van der Waals surface area (Å²) in [6, 6.07) is 13.5. The van der Waals surface area contributed by atoms with Crippen LogP contribution in [0.2, 0.25) is 0 Å². The van der Waals surface area contributed by atoms with E-state index in [0.717, 1.165) is 40.6 Å². The fraction of sp³-hybridized carbons (Fsp3) is 0.333. The van der Waals surface area contributed by atoms with Crippen molar-refractivity contribution in [1.29, 1.82) is 0 Å². The summed E-state index contributed by atoms with van der Waals surface area (Å²) in [5.41, 5.74) is 5.38. The lowest BCUT2D eigenvalue weighted by molar-refractivity contribution is 0.0600. The maximum absolute atomic E-state index is 12.2. The summed E-state index contributed by atoms with van der Waals surface area (Å²) in [7, 11) is 1.39. The molecular weight excluding hydrogens is 350 g/mol. The van der Waals surface area contributed by atoms with E-state index in [2.05, 4.69) is 4.98 Å². The van der Waals surface area contributed by atoms with Crippen molar-refractivity contribution in [2.24, 2.45) is 0 Å². The highest BCUT2D eigenvalue weighted by atomic mass is 16.5. The molecule has 1 heterocycles. The molecule has 2 aromatic carbocycles. The van der Waals surface area contributed by atoms with Crippen molar-refractivity contribution >= 4 is 22.7 Å². The van der Waals surface area contributed by atoms with Gasteiger partial charge < -0.3 is 9.72 Å². The number of H-pyrrole nitrogens is 1. The zero-order valence-corrected chi connectivity index (χ0v) is 16.4. The van der Waals surface area contributed by atoms with Crippen LogP contribution in [0, 0.1) is 0 Å². The molecule has 144 valence electrons. The molecule has 0 bridgehead atoms. The van der Waals surface area contributed by atoms with E-state index in [4.69, 9.17) is 4.74 Å². The molecule has 1 fully saturated rings. The minimum atomic E-state index is -0.346. The van der Waals surface area contributed by atoms with Crippen LogP contribution in [0.25, 0.3) is 22.2 Å². The smallest absolute Gasteiger partial charge is 0.337 e. The van der Waals surface area contributed by atoms with Gasteiger partial charge in [-0.2, -0.15) is 0 Å². The average molecular weight is 375 g/mol. The summed E-state index contributed by atoms with van der Waals surface area (Å²) in [6.45, 7) is 1.61. The van der Waals surface area contributed by atoms with Gasteiger partial charge in [0.1, 0.15) is 0 Å². The molecule has 1 N–H and O–H groups in total. The van der Waals surface area contributed by atoms with Crippen LogP contribution in [0.4, 0.5) is 0 Å². The van der Waals surface area contributed by atoms with E-state index < -0.39 is 0 Å². The molecular formula is C24H25NO3. The molecule has 4 nitrogen and oxygen atoms in total. The number of hydrogen-bond acceptors (Lipinski definition) is 3. The highest BCUT2D eigenvalue weighted by molar-refractivity contribution is 6.03. The van der Waals surface area contributed by atoms with Gasteiger partial charge in [-0.15, -0.1) is 0 Å². The third kappa shape index (κ3) is 3.24. The van der Waals surface area contributed by atoms with E-state index >= 15 is 0 Å². The minimum absolute atomic E-state index is 0.0547. The standard InChI is InChI=1S/C24H25NO3/c1-15(26)18-10-6-7-11-19(18)23-22(16-8-4-3-5-9-16)20-13-12-17(24(27)28-2)14-21(20)25-23/h6-7,10-14,16,25H,3-5,8-9H2,1-2H3. The zero-order valence-electron chi connectivity index (χ0n) is 16.4. The van der Waals surface area contributed by atoms with E-state index in [1.54, 1.807) is 6.92 Å². The number of aromatic amines is 1. The number of ketones is 1. The van der Waals surface area contributed by atoms with Crippen LogP contribution < -0.4 is 0 Å². The third-order valence-corrected chi connectivity index (χ3v) is 5.85. The molecule has 3 aromatic rings. The predicted octanol–water partition coefficient (Wildman–Crippen LogP) is 5.87. The van der Waals surface area contributed by atoms with E-state index in [-0.39, 0.29) is 11.8 Å². The highest BCUT2D eigenvalue weighted by Gasteiger charge is 2.25. The lowest BCUT2D eigenvalue weighted by atomic mass is 9.81. The van der Waals surface area contributed by atoms with Crippen molar-refractivity contribution in [3.05, 3.63) is 59.2 Å². The molecule has 1 saturated carbocycles. The molecule has 0 saturated heterocycles. The van der Waals surface area contributed by atoms with Crippen molar-refractivity contribution < 1.29 is 14.3 Å². The number of carbonyl (C=O) groups is 2. The normalized spacial score (nSPS) is 14.9. The van der Waals surface area contributed by atoms with Gasteiger partial charge in [0.05, 0.1) is 18.4 Å². The van der Waals surface area contributed by atoms with Crippen molar-refractivity contribution in [2.75, 3.05) is 7.11 Å². The summed E-state index contributed by atoms with van der Waals surface area (Å²) in [5, 5.41) is 1.13. The second kappa shape index (κ2) is 7.63. The van der Waals surface area contributed by atoms with Gasteiger partial charge >= 0.3 is 5.97 Å². The number of rotatable bonds is 4. The lowest BCUT2D eigenvalue weighted by Crippen LogP contribution is -2.06. The number of nitrogens with one attached hydrogen (secondary N) is 1. The summed E-state index contributed by atoms with van der Waals surface area (Å²) in [4.78, 5) is 27.8. The van der Waals surface area contributed by atoms with Gasteiger partial charge in [-0.05, 0) is 43.4 Å². The fourth-order valence-electron chi connectivity index (χ4n) is 4.50. The number of Topliss-reactive ketones (excluding diaryl/α,β-unsaturated/α-hetero) is 1. The molecule has 0 amide bonds. The van der Waals surface area contributed by atoms with Crippen LogP contribution in [0.3, 0.4) is 0 Å². The van der Waals surface area contributed by atoms with Gasteiger partial charge in [-0.3, -0.25) is 4.79 Å². The number of fused-ring (bicyclic) bond motifs is 1. The Morgan fingerprint density at radius 1 is 1.04 bits per heavy atom. The van der Waals surface area contributed by atoms with E-state index in [9.17, 15) is 9.59 Å². The second-order valence-electron chi connectivity index (χ2n) is 7.60. The number of methoxy groups -OCH3 is 1. The Kier molecular flexibility index (Phi) is 5.03. The fourth-order valence-corrected chi connectivity index (χ4v) is 4.50. The van der Waals surface area contributed by atoms with Crippen LogP contribution in [-0.4, -0.2) is 23.8 Å². The van der Waals surface area contributed by atoms with Gasteiger partial charge in [0, 0.05) is 22.0 Å². The SMILES string of the molecule is COC(=O)c1ccc2c(C3CCCCC3)c(-c3ccccc3C(C)=O)[nH]c2c1. The van der Waals surface area contributed by atoms with Crippen LogP contribution in [0.1, 0.15) is 71.2 Å². The summed E-state index contributed by atoms with van der Waals surface area (Å²) < 4.78 is 4.88. The quantitative estimate of drug-likeness (QED) is 0.458. The number of hydrogen-bond donors (Lipinski definition) is 1. The number of esters is 1. The Bertz CT molecular complexity index is 1040. The zero-order chi connectivity index (χ0) is 19.7. The van der Waals surface area contributed by atoms with Crippen LogP contribution in [0.15, 0.2) is 42.5 Å². The molecule has 0 radical (unpaired) electrons. The van der Waals surface area contributed by atoms with Crippen molar-refractivity contribution in [3.8, 4) is 11.3 Å². The largest absolute Gasteiger partial charge is 0.465 e. The Balaban J connectivity index is 1.96. The van der Waals surface area contributed by atoms with Gasteiger partial charge in [-0.1, -0.05) is 49.6 Å². The first-order valence-electron chi connectivity index (χ1n) is 9.94. The Hall–Kier alpha value is -2.88. The lowest BCUT2D eigenvalue weighted by Gasteiger charge is -2.23. The molecule has 28 heavy (non-hydrogen) atoms. The van der Waals surface area contributed by atoms with Gasteiger partial charge in [0.15, 0.2) is 5.78 Å². The topological polar surface area (TPSA) is 59.2 Å². The second-order valence-corrected chi connectivity index (χ2v) is 7.60. The van der Waals surface area contributed by atoms with Crippen molar-refractivity contribution in [2.45, 2.75) is 44.9 Å². The highest BCUT2D eigenvalue weighted by Crippen LogP contribution is 2.43. The van der Waals surface area contributed by atoms with Gasteiger partial charge in [0.25, 0.3) is 0 Å². The maximum Gasteiger partial charge on any atom is 0.337 e. The van der Waals surface area contributed by atoms with E-state index in [0.29, 0.717) is 11.5 Å². The molecule has 1 aliphatic carbocycles. The molecule has 4 rings (SSSR count). The Labute approximate surface area is 164 Å². The van der Waals surface area contributed by atoms with Crippen molar-refractivity contribution in [3.63, 3.8) is 0 Å². The van der Waals surface area contributed by atoms with Gasteiger partial charge in [0.2, 0.25) is 0 Å². The summed E-state index contributed by atoms with van der Waals surface area (Å²) in [5.74, 6) is 0.169. The molecule has 0 unspecified atom stereocenters. The molecule has 0 aliphatic heterocycles. The Morgan fingerprint density at radius 2 is 1.79 bits per heavy atom. The van der Waals surface area contributed by atoms with E-state index in [1.807, 2.05) is 42.5 Å². The minimum Gasteiger partial charge on any atom is -0.465 e. The number of aromatic nitrogens is 1. The number of benzene rings is 2. The maximum atomic E-state index is 12.2. The first-order chi connectivity index (χ1) is 13.6. The van der Waals surface area contributed by atoms with Crippen LogP contribution >= 0.6 is 0 Å². The van der Waals surface area contributed by atoms with Gasteiger partial charge in [-0.25, -0.2) is 4.79 Å². The van der Waals surface area contributed by atoms with Crippen LogP contribution in [0.5, 0.6) is 0 Å². The molecule has 1 aromatic heterocycles. The predicted molar refractivity (Wildman–Crippen MR) is 111 cm³/mol. The van der Waals surface area contributed by atoms with E-state index in [1.165, 1.54) is 31.9 Å². The Morgan fingerprint density at radius 3 is 2.50 bits per heavy atom. The third-order valence-electron chi connectivity index (χ3n) is 5.85. The number of ether oxygens (including phenoxy) is 1. The number of carbonyl (C=O) groups excluding carboxylic acids is 2. The molecule has 1 aliphatic rings.